The molecule has 0 bridgehead atoms. The summed E-state index contributed by atoms with van der Waals surface area (Å²) in [5.74, 6) is -0.598. The van der Waals surface area contributed by atoms with Gasteiger partial charge in [-0.2, -0.15) is 5.10 Å². The van der Waals surface area contributed by atoms with Crippen LogP contribution in [0.2, 0.25) is 0 Å². The largest absolute Gasteiger partial charge is 0.489 e. The third kappa shape index (κ3) is 4.62. The van der Waals surface area contributed by atoms with E-state index in [0.717, 1.165) is 12.2 Å². The Hall–Kier alpha value is -2.83. The van der Waals surface area contributed by atoms with Gasteiger partial charge in [-0.05, 0) is 44.9 Å². The Bertz CT molecular complexity index is 809. The molecule has 2 rings (SSSR count). The van der Waals surface area contributed by atoms with Gasteiger partial charge >= 0.3 is 5.97 Å². The van der Waals surface area contributed by atoms with Crippen molar-refractivity contribution in [1.82, 2.24) is 9.78 Å². The zero-order chi connectivity index (χ0) is 19.4. The van der Waals surface area contributed by atoms with E-state index in [9.17, 15) is 14.7 Å². The monoisotopic (exact) mass is 359 g/mol. The molecule has 7 nitrogen and oxygen atoms in total. The second-order valence-electron chi connectivity index (χ2n) is 6.86. The SMILES string of the molecule is Cc1c(C(=O)Nc2cc(C(=O)O)ccc2OC(C)C)cnn1CC(C)C. The van der Waals surface area contributed by atoms with E-state index in [1.165, 1.54) is 18.3 Å². The quantitative estimate of drug-likeness (QED) is 0.788. The maximum Gasteiger partial charge on any atom is 0.335 e. The highest BCUT2D eigenvalue weighted by Crippen LogP contribution is 2.28. The van der Waals surface area contributed by atoms with Crippen LogP contribution in [0.25, 0.3) is 0 Å². The van der Waals surface area contributed by atoms with Crippen LogP contribution in [0.3, 0.4) is 0 Å². The summed E-state index contributed by atoms with van der Waals surface area (Å²) in [6.07, 6.45) is 1.41. The van der Waals surface area contributed by atoms with Gasteiger partial charge in [0.25, 0.3) is 5.91 Å². The lowest BCUT2D eigenvalue weighted by Gasteiger charge is -2.15. The lowest BCUT2D eigenvalue weighted by molar-refractivity contribution is 0.0696. The van der Waals surface area contributed by atoms with E-state index in [1.54, 1.807) is 10.7 Å². The first-order valence-electron chi connectivity index (χ1n) is 8.56. The summed E-state index contributed by atoms with van der Waals surface area (Å²) in [5, 5.41) is 16.2. The molecule has 2 aromatic rings. The van der Waals surface area contributed by atoms with Crippen LogP contribution in [0, 0.1) is 12.8 Å². The van der Waals surface area contributed by atoms with Crippen molar-refractivity contribution in [2.75, 3.05) is 5.32 Å². The van der Waals surface area contributed by atoms with Crippen LogP contribution >= 0.6 is 0 Å². The molecule has 0 radical (unpaired) electrons. The molecular weight excluding hydrogens is 334 g/mol. The summed E-state index contributed by atoms with van der Waals surface area (Å²) >= 11 is 0. The molecule has 1 amide bonds. The Morgan fingerprint density at radius 3 is 2.54 bits per heavy atom. The number of carbonyl (C=O) groups is 2. The summed E-state index contributed by atoms with van der Waals surface area (Å²) in [5.41, 5.74) is 1.60. The number of nitrogens with one attached hydrogen (secondary N) is 1. The van der Waals surface area contributed by atoms with Crippen LogP contribution in [-0.4, -0.2) is 32.9 Å². The minimum absolute atomic E-state index is 0.0728. The predicted molar refractivity (Wildman–Crippen MR) is 98.9 cm³/mol. The smallest absolute Gasteiger partial charge is 0.335 e. The molecule has 2 N–H and O–H groups in total. The number of carbonyl (C=O) groups excluding carboxylic acids is 1. The van der Waals surface area contributed by atoms with Crippen LogP contribution in [0.15, 0.2) is 24.4 Å². The fourth-order valence-corrected chi connectivity index (χ4v) is 2.51. The first-order valence-corrected chi connectivity index (χ1v) is 8.56. The number of carboxylic acids is 1. The lowest BCUT2D eigenvalue weighted by Crippen LogP contribution is -2.16. The molecule has 26 heavy (non-hydrogen) atoms. The fourth-order valence-electron chi connectivity index (χ4n) is 2.51. The van der Waals surface area contributed by atoms with Gasteiger partial charge in [0, 0.05) is 12.2 Å². The van der Waals surface area contributed by atoms with E-state index in [-0.39, 0.29) is 17.6 Å². The van der Waals surface area contributed by atoms with Crippen molar-refractivity contribution in [3.8, 4) is 5.75 Å². The summed E-state index contributed by atoms with van der Waals surface area (Å²) in [6, 6.07) is 4.39. The molecule has 0 unspecified atom stereocenters. The number of benzene rings is 1. The van der Waals surface area contributed by atoms with E-state index in [0.29, 0.717) is 22.9 Å². The number of aromatic carboxylic acids is 1. The van der Waals surface area contributed by atoms with Crippen molar-refractivity contribution in [2.24, 2.45) is 5.92 Å². The van der Waals surface area contributed by atoms with Crippen molar-refractivity contribution >= 4 is 17.6 Å². The molecule has 1 aromatic carbocycles. The zero-order valence-corrected chi connectivity index (χ0v) is 15.7. The second-order valence-corrected chi connectivity index (χ2v) is 6.86. The van der Waals surface area contributed by atoms with Crippen LogP contribution in [-0.2, 0) is 6.54 Å². The number of amides is 1. The Morgan fingerprint density at radius 2 is 1.96 bits per heavy atom. The Morgan fingerprint density at radius 1 is 1.27 bits per heavy atom. The highest BCUT2D eigenvalue weighted by molar-refractivity contribution is 6.06. The number of ether oxygens (including phenoxy) is 1. The van der Waals surface area contributed by atoms with Gasteiger partial charge in [0.15, 0.2) is 0 Å². The van der Waals surface area contributed by atoms with Crippen LogP contribution in [0.4, 0.5) is 5.69 Å². The Kier molecular flexibility index (Phi) is 6.02. The van der Waals surface area contributed by atoms with Gasteiger partial charge in [-0.1, -0.05) is 13.8 Å². The summed E-state index contributed by atoms with van der Waals surface area (Å²) < 4.78 is 7.47. The summed E-state index contributed by atoms with van der Waals surface area (Å²) in [7, 11) is 0. The third-order valence-electron chi connectivity index (χ3n) is 3.72. The molecule has 0 aliphatic carbocycles. The maximum atomic E-state index is 12.7. The van der Waals surface area contributed by atoms with Gasteiger partial charge in [0.2, 0.25) is 0 Å². The highest BCUT2D eigenvalue weighted by Gasteiger charge is 2.18. The molecular formula is C19H25N3O4. The van der Waals surface area contributed by atoms with E-state index >= 15 is 0 Å². The van der Waals surface area contributed by atoms with Gasteiger partial charge in [0.05, 0.1) is 29.1 Å². The number of hydrogen-bond acceptors (Lipinski definition) is 4. The van der Waals surface area contributed by atoms with Gasteiger partial charge in [-0.15, -0.1) is 0 Å². The zero-order valence-electron chi connectivity index (χ0n) is 15.7. The van der Waals surface area contributed by atoms with Crippen LogP contribution in [0.1, 0.15) is 54.1 Å². The molecule has 1 heterocycles. The number of aromatic nitrogens is 2. The van der Waals surface area contributed by atoms with Crippen molar-refractivity contribution in [1.29, 1.82) is 0 Å². The van der Waals surface area contributed by atoms with E-state index < -0.39 is 5.97 Å². The van der Waals surface area contributed by atoms with Crippen molar-refractivity contribution in [3.05, 3.63) is 41.2 Å². The van der Waals surface area contributed by atoms with Gasteiger partial charge in [-0.3, -0.25) is 9.48 Å². The van der Waals surface area contributed by atoms with E-state index in [4.69, 9.17) is 4.74 Å². The van der Waals surface area contributed by atoms with Crippen LogP contribution < -0.4 is 10.1 Å². The van der Waals surface area contributed by atoms with Gasteiger partial charge in [-0.25, -0.2) is 4.79 Å². The number of rotatable bonds is 7. The minimum atomic E-state index is -1.07. The number of nitrogens with zero attached hydrogens (tertiary/aromatic N) is 2. The fraction of sp³-hybridized carbons (Fsp3) is 0.421. The average molecular weight is 359 g/mol. The molecule has 140 valence electrons. The molecule has 0 fully saturated rings. The number of carboxylic acid groups (broad SMARTS) is 1. The highest BCUT2D eigenvalue weighted by atomic mass is 16.5. The van der Waals surface area contributed by atoms with Gasteiger partial charge < -0.3 is 15.2 Å². The Balaban J connectivity index is 2.31. The minimum Gasteiger partial charge on any atom is -0.489 e. The summed E-state index contributed by atoms with van der Waals surface area (Å²) in [4.78, 5) is 23.9. The lowest BCUT2D eigenvalue weighted by atomic mass is 10.1. The molecule has 0 aliphatic rings. The number of hydrogen-bond donors (Lipinski definition) is 2. The summed E-state index contributed by atoms with van der Waals surface area (Å²) in [6.45, 7) is 10.4. The first kappa shape index (κ1) is 19.5. The molecule has 1 aromatic heterocycles. The Labute approximate surface area is 153 Å². The maximum absolute atomic E-state index is 12.7. The predicted octanol–water partition coefficient (Wildman–Crippen LogP) is 3.59. The molecule has 0 aliphatic heterocycles. The normalized spacial score (nSPS) is 11.0. The molecule has 0 saturated heterocycles. The van der Waals surface area contributed by atoms with Crippen molar-refractivity contribution in [3.63, 3.8) is 0 Å². The van der Waals surface area contributed by atoms with Crippen molar-refractivity contribution < 1.29 is 19.4 Å². The number of anilines is 1. The molecule has 0 saturated carbocycles. The van der Waals surface area contributed by atoms with E-state index in [2.05, 4.69) is 24.3 Å². The van der Waals surface area contributed by atoms with Gasteiger partial charge in [0.1, 0.15) is 5.75 Å². The molecule has 7 heteroatoms. The van der Waals surface area contributed by atoms with Crippen LogP contribution in [0.5, 0.6) is 5.75 Å². The second kappa shape index (κ2) is 8.03. The third-order valence-corrected chi connectivity index (χ3v) is 3.72. The average Bonchev–Trinajstić information content (AvgIpc) is 2.88. The van der Waals surface area contributed by atoms with Crippen molar-refractivity contribution in [2.45, 2.75) is 47.3 Å². The standard InChI is InChI=1S/C19H25N3O4/c1-11(2)10-22-13(5)15(9-20-22)18(23)21-16-8-14(19(24)25)6-7-17(16)26-12(3)4/h6-9,11-12H,10H2,1-5H3,(H,21,23)(H,24,25). The molecule has 0 spiro atoms. The first-order chi connectivity index (χ1) is 12.2. The van der Waals surface area contributed by atoms with E-state index in [1.807, 2.05) is 20.8 Å². The topological polar surface area (TPSA) is 93.5 Å². The molecule has 0 atom stereocenters.